The van der Waals surface area contributed by atoms with Gasteiger partial charge in [-0.15, -0.1) is 11.3 Å². The molecule has 1 heterocycles. The lowest BCUT2D eigenvalue weighted by Gasteiger charge is -2.13. The molecule has 1 atom stereocenters. The van der Waals surface area contributed by atoms with Gasteiger partial charge in [0.1, 0.15) is 0 Å². The first-order chi connectivity index (χ1) is 8.28. The number of benzene rings is 1. The maximum absolute atomic E-state index is 5.84. The van der Waals surface area contributed by atoms with Crippen molar-refractivity contribution in [1.29, 1.82) is 0 Å². The number of thiazole rings is 1. The monoisotopic (exact) mass is 310 g/mol. The molecular formula is C13H15BrN2S. The molecule has 90 valence electrons. The molecule has 2 nitrogen and oxygen atoms in total. The zero-order valence-corrected chi connectivity index (χ0v) is 11.9. The van der Waals surface area contributed by atoms with E-state index >= 15 is 0 Å². The molecule has 4 heteroatoms. The Bertz CT molecular complexity index is 439. The Labute approximate surface area is 114 Å². The van der Waals surface area contributed by atoms with Crippen LogP contribution in [0, 0.1) is 5.92 Å². The summed E-state index contributed by atoms with van der Waals surface area (Å²) >= 11 is 5.15. The first kappa shape index (κ1) is 12.7. The summed E-state index contributed by atoms with van der Waals surface area (Å²) in [7, 11) is 0. The van der Waals surface area contributed by atoms with Crippen LogP contribution in [-0.2, 0) is 12.8 Å². The Morgan fingerprint density at radius 3 is 2.59 bits per heavy atom. The Morgan fingerprint density at radius 2 is 2.00 bits per heavy atom. The minimum absolute atomic E-state index is 0.497. The Hall–Kier alpha value is -0.710. The third kappa shape index (κ3) is 3.91. The van der Waals surface area contributed by atoms with Gasteiger partial charge in [0.2, 0.25) is 0 Å². The van der Waals surface area contributed by atoms with Crippen molar-refractivity contribution in [1.82, 2.24) is 4.98 Å². The summed E-state index contributed by atoms with van der Waals surface area (Å²) in [5.74, 6) is 0.497. The Kier molecular flexibility index (Phi) is 4.71. The van der Waals surface area contributed by atoms with Gasteiger partial charge in [0.25, 0.3) is 0 Å². The second-order valence-corrected chi connectivity index (χ2v) is 5.99. The van der Waals surface area contributed by atoms with E-state index in [0.717, 1.165) is 17.3 Å². The zero-order valence-electron chi connectivity index (χ0n) is 9.47. The van der Waals surface area contributed by atoms with Gasteiger partial charge < -0.3 is 5.73 Å². The number of rotatable bonds is 5. The van der Waals surface area contributed by atoms with E-state index in [1.54, 1.807) is 11.3 Å². The molecule has 2 N–H and O–H groups in total. The molecule has 0 fully saturated rings. The van der Waals surface area contributed by atoms with Crippen molar-refractivity contribution >= 4 is 27.3 Å². The number of hydrogen-bond donors (Lipinski definition) is 1. The van der Waals surface area contributed by atoms with Crippen molar-refractivity contribution in [2.75, 3.05) is 6.54 Å². The third-order valence-electron chi connectivity index (χ3n) is 2.74. The molecule has 2 aromatic rings. The number of aromatic nitrogens is 1. The summed E-state index contributed by atoms with van der Waals surface area (Å²) in [6.45, 7) is 0.716. The summed E-state index contributed by atoms with van der Waals surface area (Å²) in [6.07, 6.45) is 3.99. The lowest BCUT2D eigenvalue weighted by atomic mass is 9.96. The normalized spacial score (nSPS) is 12.6. The molecule has 0 saturated carbocycles. The largest absolute Gasteiger partial charge is 0.330 e. The molecule has 1 aromatic heterocycles. The summed E-state index contributed by atoms with van der Waals surface area (Å²) in [5, 5.41) is 0. The van der Waals surface area contributed by atoms with Gasteiger partial charge in [-0.05, 0) is 43.0 Å². The van der Waals surface area contributed by atoms with Gasteiger partial charge in [0, 0.05) is 15.5 Å². The Morgan fingerprint density at radius 1 is 1.24 bits per heavy atom. The molecular weight excluding hydrogens is 296 g/mol. The van der Waals surface area contributed by atoms with E-state index in [2.05, 4.69) is 45.2 Å². The molecule has 2 rings (SSSR count). The fourth-order valence-corrected chi connectivity index (χ4v) is 2.80. The van der Waals surface area contributed by atoms with Crippen LogP contribution in [0.15, 0.2) is 40.4 Å². The van der Waals surface area contributed by atoms with Gasteiger partial charge in [-0.2, -0.15) is 0 Å². The standard InChI is InChI=1S/C13H15BrN2S/c14-12-3-1-10(2-4-12)5-11(7-15)6-13-8-16-9-17-13/h1-4,8-9,11H,5-7,15H2. The van der Waals surface area contributed by atoms with Crippen LogP contribution < -0.4 is 5.73 Å². The minimum Gasteiger partial charge on any atom is -0.330 e. The topological polar surface area (TPSA) is 38.9 Å². The molecule has 0 aliphatic heterocycles. The highest BCUT2D eigenvalue weighted by Gasteiger charge is 2.10. The van der Waals surface area contributed by atoms with E-state index in [9.17, 15) is 0 Å². The fraction of sp³-hybridized carbons (Fsp3) is 0.308. The molecule has 17 heavy (non-hydrogen) atoms. The van der Waals surface area contributed by atoms with Crippen LogP contribution in [0.5, 0.6) is 0 Å². The predicted octanol–water partition coefficient (Wildman–Crippen LogP) is 3.27. The van der Waals surface area contributed by atoms with Gasteiger partial charge in [0.15, 0.2) is 0 Å². The van der Waals surface area contributed by atoms with Crippen molar-refractivity contribution in [2.24, 2.45) is 11.7 Å². The molecule has 0 radical (unpaired) electrons. The lowest BCUT2D eigenvalue weighted by molar-refractivity contribution is 0.537. The molecule has 0 saturated heterocycles. The predicted molar refractivity (Wildman–Crippen MR) is 76.2 cm³/mol. The van der Waals surface area contributed by atoms with Crippen LogP contribution in [0.4, 0.5) is 0 Å². The molecule has 1 unspecified atom stereocenters. The summed E-state index contributed by atoms with van der Waals surface area (Å²) in [4.78, 5) is 5.42. The van der Waals surface area contributed by atoms with Crippen LogP contribution in [0.1, 0.15) is 10.4 Å². The smallest absolute Gasteiger partial charge is 0.0794 e. The quantitative estimate of drug-likeness (QED) is 0.920. The molecule has 0 bridgehead atoms. The van der Waals surface area contributed by atoms with Gasteiger partial charge >= 0.3 is 0 Å². The van der Waals surface area contributed by atoms with Crippen LogP contribution in [-0.4, -0.2) is 11.5 Å². The number of halogens is 1. The number of hydrogen-bond acceptors (Lipinski definition) is 3. The van der Waals surface area contributed by atoms with E-state index in [0.29, 0.717) is 12.5 Å². The summed E-state index contributed by atoms with van der Waals surface area (Å²) in [5.41, 5.74) is 9.06. The molecule has 0 spiro atoms. The average Bonchev–Trinajstić information content (AvgIpc) is 2.84. The maximum atomic E-state index is 5.84. The van der Waals surface area contributed by atoms with Gasteiger partial charge in [-0.1, -0.05) is 28.1 Å². The van der Waals surface area contributed by atoms with Crippen LogP contribution in [0.2, 0.25) is 0 Å². The maximum Gasteiger partial charge on any atom is 0.0794 e. The highest BCUT2D eigenvalue weighted by Crippen LogP contribution is 2.18. The second-order valence-electron chi connectivity index (χ2n) is 4.10. The zero-order chi connectivity index (χ0) is 12.1. The highest BCUT2D eigenvalue weighted by molar-refractivity contribution is 9.10. The first-order valence-electron chi connectivity index (χ1n) is 5.60. The summed E-state index contributed by atoms with van der Waals surface area (Å²) in [6, 6.07) is 8.46. The minimum atomic E-state index is 0.497. The van der Waals surface area contributed by atoms with E-state index in [1.165, 1.54) is 10.4 Å². The fourth-order valence-electron chi connectivity index (χ4n) is 1.82. The molecule has 0 aliphatic carbocycles. The van der Waals surface area contributed by atoms with Gasteiger partial charge in [-0.25, -0.2) is 0 Å². The van der Waals surface area contributed by atoms with Crippen LogP contribution in [0.3, 0.4) is 0 Å². The van der Waals surface area contributed by atoms with Crippen molar-refractivity contribution in [3.05, 3.63) is 50.9 Å². The molecule has 0 aliphatic rings. The van der Waals surface area contributed by atoms with Crippen LogP contribution >= 0.6 is 27.3 Å². The third-order valence-corrected chi connectivity index (χ3v) is 4.07. The van der Waals surface area contributed by atoms with Crippen molar-refractivity contribution < 1.29 is 0 Å². The van der Waals surface area contributed by atoms with E-state index < -0.39 is 0 Å². The van der Waals surface area contributed by atoms with Crippen molar-refractivity contribution in [3.8, 4) is 0 Å². The van der Waals surface area contributed by atoms with Crippen molar-refractivity contribution in [3.63, 3.8) is 0 Å². The highest BCUT2D eigenvalue weighted by atomic mass is 79.9. The van der Waals surface area contributed by atoms with Crippen molar-refractivity contribution in [2.45, 2.75) is 12.8 Å². The average molecular weight is 311 g/mol. The number of nitrogens with two attached hydrogens (primary N) is 1. The first-order valence-corrected chi connectivity index (χ1v) is 7.27. The SMILES string of the molecule is NCC(Cc1ccc(Br)cc1)Cc1cncs1. The second kappa shape index (κ2) is 6.28. The summed E-state index contributed by atoms with van der Waals surface area (Å²) < 4.78 is 1.12. The lowest BCUT2D eigenvalue weighted by Crippen LogP contribution is -2.18. The molecule has 0 amide bonds. The Balaban J connectivity index is 1.97. The van der Waals surface area contributed by atoms with E-state index in [4.69, 9.17) is 5.73 Å². The van der Waals surface area contributed by atoms with Gasteiger partial charge in [-0.3, -0.25) is 4.98 Å². The van der Waals surface area contributed by atoms with Gasteiger partial charge in [0.05, 0.1) is 5.51 Å². The van der Waals surface area contributed by atoms with E-state index in [-0.39, 0.29) is 0 Å². The van der Waals surface area contributed by atoms with E-state index in [1.807, 2.05) is 11.7 Å². The number of nitrogens with zero attached hydrogens (tertiary/aromatic N) is 1. The van der Waals surface area contributed by atoms with Crippen LogP contribution in [0.25, 0.3) is 0 Å². The molecule has 1 aromatic carbocycles.